The van der Waals surface area contributed by atoms with Crippen molar-refractivity contribution in [3.8, 4) is 54.7 Å². The van der Waals surface area contributed by atoms with E-state index in [1.165, 1.54) is 45.3 Å². The Hall–Kier alpha value is -4.72. The second-order valence-corrected chi connectivity index (χ2v) is 12.1. The van der Waals surface area contributed by atoms with E-state index in [0.29, 0.717) is 45.6 Å². The molecule has 40 heavy (non-hydrogen) atoms. The molecule has 188 valence electrons. The number of nitrogens with zero attached hydrogens (tertiary/aromatic N) is 8. The standard InChI is InChI=1S/C28H12N8S4/c29-13-31-23-25-26(34-20(16-6-2-10-38-16)19(33-25)15-5-1-9-37-15)24(32-14-30)28-27(23)35-21(17-7-3-11-39-17)22(36-28)18-8-4-12-40-18/h1-12H. The smallest absolute Gasteiger partial charge is 0.206 e. The second kappa shape index (κ2) is 10.1. The van der Waals surface area contributed by atoms with Crippen LogP contribution in [0.4, 0.5) is 0 Å². The molecule has 0 aliphatic heterocycles. The van der Waals surface area contributed by atoms with Crippen LogP contribution in [0.3, 0.4) is 0 Å². The van der Waals surface area contributed by atoms with Crippen LogP contribution in [0.5, 0.6) is 0 Å². The zero-order chi connectivity index (χ0) is 27.1. The van der Waals surface area contributed by atoms with Crippen LogP contribution < -0.4 is 0 Å². The van der Waals surface area contributed by atoms with Crippen molar-refractivity contribution in [1.29, 1.82) is 10.5 Å². The minimum atomic E-state index is 0.246. The number of nitriles is 2. The summed E-state index contributed by atoms with van der Waals surface area (Å²) in [7, 11) is 0. The third-order valence-corrected chi connectivity index (χ3v) is 9.54. The van der Waals surface area contributed by atoms with Gasteiger partial charge in [0, 0.05) is 0 Å². The highest BCUT2D eigenvalue weighted by Crippen LogP contribution is 2.40. The first kappa shape index (κ1) is 24.3. The Morgan fingerprint density at radius 3 is 0.925 bits per heavy atom. The van der Waals surface area contributed by atoms with E-state index in [-0.39, 0.29) is 11.4 Å². The zero-order valence-corrected chi connectivity index (χ0v) is 23.4. The summed E-state index contributed by atoms with van der Waals surface area (Å²) < 4.78 is 0. The van der Waals surface area contributed by atoms with Crippen molar-refractivity contribution in [2.45, 2.75) is 0 Å². The van der Waals surface area contributed by atoms with Crippen LogP contribution in [-0.2, 0) is 0 Å². The lowest BCUT2D eigenvalue weighted by molar-refractivity contribution is 1.10. The molecule has 0 radical (unpaired) electrons. The summed E-state index contributed by atoms with van der Waals surface area (Å²) in [5, 5.41) is 27.4. The Labute approximate surface area is 243 Å². The van der Waals surface area contributed by atoms with Crippen LogP contribution in [0.25, 0.3) is 42.3 Å². The molecule has 0 spiro atoms. The van der Waals surface area contributed by atoms with Crippen LogP contribution in [0.15, 0.2) is 80.0 Å². The molecule has 0 amide bonds. The number of fused-ring (bicyclic) bond motifs is 2. The number of aromatic nitrogens is 4. The summed E-state index contributed by atoms with van der Waals surface area (Å²) in [5.41, 5.74) is 4.46. The van der Waals surface area contributed by atoms with Gasteiger partial charge in [-0.2, -0.15) is 20.5 Å². The average molecular weight is 589 g/mol. The highest BCUT2D eigenvalue weighted by Gasteiger charge is 2.36. The maximum absolute atomic E-state index is 9.75. The fourth-order valence-electron chi connectivity index (χ4n) is 4.41. The highest BCUT2D eigenvalue weighted by atomic mass is 32.1. The van der Waals surface area contributed by atoms with Crippen LogP contribution in [0.1, 0.15) is 22.8 Å². The Morgan fingerprint density at radius 1 is 0.450 bits per heavy atom. The van der Waals surface area contributed by atoms with E-state index in [1.54, 1.807) is 0 Å². The predicted octanol–water partition coefficient (Wildman–Crippen LogP) is 7.13. The molecule has 8 nitrogen and oxygen atoms in total. The second-order valence-electron chi connectivity index (χ2n) is 8.27. The van der Waals surface area contributed by atoms with Crippen LogP contribution in [-0.4, -0.2) is 31.4 Å². The molecule has 0 atom stereocenters. The number of thiophene rings is 4. The average Bonchev–Trinajstić information content (AvgIpc) is 3.81. The van der Waals surface area contributed by atoms with Gasteiger partial charge in [0.1, 0.15) is 57.0 Å². The SMILES string of the molecule is N#CN=C1c2nc(-c3cccs3)c(-c3cccs3)nc2C(=NC#N)c2nc(-c3cccs3)c(-c3cccs3)nc21. The fraction of sp³-hybridized carbons (Fsp3) is 0. The summed E-state index contributed by atoms with van der Waals surface area (Å²) in [6.07, 6.45) is 3.83. The van der Waals surface area contributed by atoms with Gasteiger partial charge < -0.3 is 0 Å². The van der Waals surface area contributed by atoms with Crippen molar-refractivity contribution in [3.63, 3.8) is 0 Å². The number of hydrogen-bond acceptors (Lipinski definition) is 12. The van der Waals surface area contributed by atoms with Gasteiger partial charge >= 0.3 is 0 Å². The largest absolute Gasteiger partial charge is 0.240 e. The molecule has 12 heteroatoms. The van der Waals surface area contributed by atoms with Gasteiger partial charge in [0.05, 0.1) is 19.5 Å². The monoisotopic (exact) mass is 588 g/mol. The number of rotatable bonds is 4. The van der Waals surface area contributed by atoms with Gasteiger partial charge in [-0.3, -0.25) is 0 Å². The van der Waals surface area contributed by atoms with Crippen LogP contribution in [0, 0.1) is 22.9 Å². The molecule has 6 aromatic rings. The van der Waals surface area contributed by atoms with Crippen LogP contribution >= 0.6 is 45.3 Å². The lowest BCUT2D eigenvalue weighted by atomic mass is 9.94. The maximum atomic E-state index is 9.75. The summed E-state index contributed by atoms with van der Waals surface area (Å²) in [5.74, 6) is 0. The molecule has 0 saturated heterocycles. The van der Waals surface area contributed by atoms with Crippen molar-refractivity contribution >= 4 is 56.8 Å². The van der Waals surface area contributed by atoms with Gasteiger partial charge in [0.15, 0.2) is 0 Å². The Balaban J connectivity index is 1.57. The topological polar surface area (TPSA) is 124 Å². The fourth-order valence-corrected chi connectivity index (χ4v) is 7.27. The highest BCUT2D eigenvalue weighted by molar-refractivity contribution is 7.15. The molecule has 6 heterocycles. The van der Waals surface area contributed by atoms with Crippen molar-refractivity contribution in [3.05, 3.63) is 92.8 Å². The van der Waals surface area contributed by atoms with E-state index >= 15 is 0 Å². The van der Waals surface area contributed by atoms with Gasteiger partial charge in [-0.25, -0.2) is 19.9 Å². The Kier molecular flexibility index (Phi) is 6.15. The van der Waals surface area contributed by atoms with Gasteiger partial charge in [-0.1, -0.05) is 24.3 Å². The molecule has 0 bridgehead atoms. The molecule has 0 unspecified atom stereocenters. The molecule has 0 N–H and O–H groups in total. The van der Waals surface area contributed by atoms with Gasteiger partial charge in [-0.15, -0.1) is 45.3 Å². The van der Waals surface area contributed by atoms with Crippen molar-refractivity contribution < 1.29 is 0 Å². The van der Waals surface area contributed by atoms with Crippen LogP contribution in [0.2, 0.25) is 0 Å². The Bertz CT molecular complexity index is 1730. The number of aliphatic imine (C=N–C) groups is 2. The zero-order valence-electron chi connectivity index (χ0n) is 20.1. The minimum absolute atomic E-state index is 0.246. The summed E-state index contributed by atoms with van der Waals surface area (Å²) in [4.78, 5) is 32.1. The summed E-state index contributed by atoms with van der Waals surface area (Å²) >= 11 is 6.16. The van der Waals surface area contributed by atoms with E-state index < -0.39 is 0 Å². The van der Waals surface area contributed by atoms with Crippen molar-refractivity contribution in [2.24, 2.45) is 9.98 Å². The van der Waals surface area contributed by atoms with E-state index in [4.69, 9.17) is 19.9 Å². The third-order valence-electron chi connectivity index (χ3n) is 6.03. The van der Waals surface area contributed by atoms with Crippen molar-refractivity contribution in [2.75, 3.05) is 0 Å². The normalized spacial score (nSPS) is 11.8. The van der Waals surface area contributed by atoms with E-state index in [9.17, 15) is 10.5 Å². The molecule has 0 saturated carbocycles. The maximum Gasteiger partial charge on any atom is 0.206 e. The molecule has 0 fully saturated rings. The molecular formula is C28H12N8S4. The quantitative estimate of drug-likeness (QED) is 0.201. The first-order chi connectivity index (χ1) is 19.8. The van der Waals surface area contributed by atoms with E-state index in [1.807, 2.05) is 82.4 Å². The molecule has 6 aromatic heterocycles. The first-order valence-electron chi connectivity index (χ1n) is 11.7. The van der Waals surface area contributed by atoms with Gasteiger partial charge in [-0.05, 0) is 45.8 Å². The van der Waals surface area contributed by atoms with E-state index in [2.05, 4.69) is 9.98 Å². The van der Waals surface area contributed by atoms with Gasteiger partial charge in [0.2, 0.25) is 12.4 Å². The molecule has 1 aliphatic carbocycles. The lowest BCUT2D eigenvalue weighted by Gasteiger charge is -2.22. The molecule has 0 aromatic carbocycles. The summed E-state index contributed by atoms with van der Waals surface area (Å²) in [6, 6.07) is 15.7. The van der Waals surface area contributed by atoms with E-state index in [0.717, 1.165) is 19.5 Å². The van der Waals surface area contributed by atoms with Crippen molar-refractivity contribution in [1.82, 2.24) is 19.9 Å². The molecule has 7 rings (SSSR count). The Morgan fingerprint density at radius 2 is 0.725 bits per heavy atom. The first-order valence-corrected chi connectivity index (χ1v) is 15.2. The predicted molar refractivity (Wildman–Crippen MR) is 160 cm³/mol. The lowest BCUT2D eigenvalue weighted by Crippen LogP contribution is -2.28. The molecule has 1 aliphatic rings. The molecular weight excluding hydrogens is 577 g/mol. The van der Waals surface area contributed by atoms with Gasteiger partial charge in [0.25, 0.3) is 0 Å². The minimum Gasteiger partial charge on any atom is -0.240 e. The summed E-state index contributed by atoms with van der Waals surface area (Å²) in [6.45, 7) is 0. The third kappa shape index (κ3) is 3.99. The number of hydrogen-bond donors (Lipinski definition) is 0.